The van der Waals surface area contributed by atoms with E-state index in [1.807, 2.05) is 13.0 Å². The monoisotopic (exact) mass is 277 g/mol. The molecule has 2 aliphatic rings. The number of hydrogen-bond acceptors (Lipinski definition) is 3. The first-order chi connectivity index (χ1) is 9.66. The van der Waals surface area contributed by atoms with Gasteiger partial charge in [-0.05, 0) is 37.9 Å². The maximum Gasteiger partial charge on any atom is 0.146 e. The van der Waals surface area contributed by atoms with Gasteiger partial charge in [0, 0.05) is 31.7 Å². The molecule has 0 saturated carbocycles. The molecule has 2 aliphatic heterocycles. The molecule has 4 heteroatoms. The van der Waals surface area contributed by atoms with Crippen LogP contribution in [-0.4, -0.2) is 37.1 Å². The Morgan fingerprint density at radius 1 is 1.25 bits per heavy atom. The number of nitrogens with zero attached hydrogens (tertiary/aromatic N) is 2. The summed E-state index contributed by atoms with van der Waals surface area (Å²) < 4.78 is 14.3. The molecule has 0 spiro atoms. The van der Waals surface area contributed by atoms with E-state index >= 15 is 0 Å². The van der Waals surface area contributed by atoms with Crippen molar-refractivity contribution in [2.75, 3.05) is 31.1 Å². The number of para-hydroxylation sites is 1. The molecular formula is C16H24FN3. The Hall–Kier alpha value is -1.13. The van der Waals surface area contributed by atoms with E-state index < -0.39 is 0 Å². The van der Waals surface area contributed by atoms with Crippen molar-refractivity contribution in [1.29, 1.82) is 0 Å². The molecule has 1 aromatic rings. The molecule has 0 amide bonds. The van der Waals surface area contributed by atoms with E-state index in [1.54, 1.807) is 12.1 Å². The third-order valence-corrected chi connectivity index (χ3v) is 4.66. The SMILES string of the molecule is C[C@H](N)c1cccc(F)c1N1CCN2CCCCC2C1. The highest BCUT2D eigenvalue weighted by atomic mass is 19.1. The third-order valence-electron chi connectivity index (χ3n) is 4.66. The van der Waals surface area contributed by atoms with Crippen LogP contribution in [0.4, 0.5) is 10.1 Å². The van der Waals surface area contributed by atoms with Crippen LogP contribution in [0, 0.1) is 5.82 Å². The highest BCUT2D eigenvalue weighted by Crippen LogP contribution is 2.31. The first-order valence-corrected chi connectivity index (χ1v) is 7.70. The zero-order chi connectivity index (χ0) is 14.1. The van der Waals surface area contributed by atoms with Gasteiger partial charge in [-0.25, -0.2) is 4.39 Å². The molecule has 3 nitrogen and oxygen atoms in total. The van der Waals surface area contributed by atoms with Crippen molar-refractivity contribution in [2.24, 2.45) is 5.73 Å². The quantitative estimate of drug-likeness (QED) is 0.901. The van der Waals surface area contributed by atoms with E-state index in [4.69, 9.17) is 5.73 Å². The Balaban J connectivity index is 1.86. The smallest absolute Gasteiger partial charge is 0.146 e. The Kier molecular flexibility index (Phi) is 3.94. The molecule has 0 radical (unpaired) electrons. The molecule has 2 saturated heterocycles. The lowest BCUT2D eigenvalue weighted by molar-refractivity contribution is 0.133. The van der Waals surface area contributed by atoms with Crippen molar-refractivity contribution >= 4 is 5.69 Å². The number of piperazine rings is 1. The lowest BCUT2D eigenvalue weighted by atomic mass is 9.97. The standard InChI is InChI=1S/C16H24FN3/c1-12(18)14-6-4-7-15(17)16(14)20-10-9-19-8-3-2-5-13(19)11-20/h4,6-7,12-13H,2-3,5,8-11,18H2,1H3/t12-,13?/m0/s1. The zero-order valence-electron chi connectivity index (χ0n) is 12.2. The predicted molar refractivity (Wildman–Crippen MR) is 80.4 cm³/mol. The van der Waals surface area contributed by atoms with Gasteiger partial charge in [-0.1, -0.05) is 18.6 Å². The minimum Gasteiger partial charge on any atom is -0.366 e. The van der Waals surface area contributed by atoms with Gasteiger partial charge in [-0.3, -0.25) is 4.90 Å². The molecule has 110 valence electrons. The van der Waals surface area contributed by atoms with Crippen LogP contribution >= 0.6 is 0 Å². The van der Waals surface area contributed by atoms with Gasteiger partial charge >= 0.3 is 0 Å². The molecule has 1 unspecified atom stereocenters. The van der Waals surface area contributed by atoms with Crippen molar-refractivity contribution in [3.63, 3.8) is 0 Å². The van der Waals surface area contributed by atoms with E-state index in [1.165, 1.54) is 25.8 Å². The zero-order valence-corrected chi connectivity index (χ0v) is 12.2. The molecular weight excluding hydrogens is 253 g/mol. The molecule has 0 bridgehead atoms. The molecule has 2 heterocycles. The molecule has 2 atom stereocenters. The predicted octanol–water partition coefficient (Wildman–Crippen LogP) is 2.52. The van der Waals surface area contributed by atoms with Gasteiger partial charge in [0.2, 0.25) is 0 Å². The summed E-state index contributed by atoms with van der Waals surface area (Å²) in [5.74, 6) is -0.135. The number of halogens is 1. The molecule has 0 aromatic heterocycles. The van der Waals surface area contributed by atoms with Crippen molar-refractivity contribution < 1.29 is 4.39 Å². The second-order valence-electron chi connectivity index (χ2n) is 6.10. The van der Waals surface area contributed by atoms with Gasteiger partial charge in [0.1, 0.15) is 5.82 Å². The van der Waals surface area contributed by atoms with Crippen LogP contribution in [0.3, 0.4) is 0 Å². The Morgan fingerprint density at radius 3 is 2.90 bits per heavy atom. The summed E-state index contributed by atoms with van der Waals surface area (Å²) in [6.07, 6.45) is 3.84. The number of fused-ring (bicyclic) bond motifs is 1. The summed E-state index contributed by atoms with van der Waals surface area (Å²) in [6, 6.07) is 5.71. The topological polar surface area (TPSA) is 32.5 Å². The number of benzene rings is 1. The van der Waals surface area contributed by atoms with Crippen LogP contribution in [-0.2, 0) is 0 Å². The average Bonchev–Trinajstić information content (AvgIpc) is 2.46. The first kappa shape index (κ1) is 13.8. The van der Waals surface area contributed by atoms with Crippen molar-refractivity contribution in [3.8, 4) is 0 Å². The van der Waals surface area contributed by atoms with Crippen molar-refractivity contribution in [3.05, 3.63) is 29.6 Å². The Morgan fingerprint density at radius 2 is 2.10 bits per heavy atom. The first-order valence-electron chi connectivity index (χ1n) is 7.70. The Bertz CT molecular complexity index is 475. The van der Waals surface area contributed by atoms with E-state index in [0.29, 0.717) is 6.04 Å². The van der Waals surface area contributed by atoms with Gasteiger partial charge in [0.25, 0.3) is 0 Å². The van der Waals surface area contributed by atoms with Crippen LogP contribution < -0.4 is 10.6 Å². The second-order valence-corrected chi connectivity index (χ2v) is 6.10. The number of rotatable bonds is 2. The summed E-state index contributed by atoms with van der Waals surface area (Å²) in [7, 11) is 0. The summed E-state index contributed by atoms with van der Waals surface area (Å²) in [5, 5.41) is 0. The van der Waals surface area contributed by atoms with Crippen LogP contribution in [0.25, 0.3) is 0 Å². The van der Waals surface area contributed by atoms with E-state index in [9.17, 15) is 4.39 Å². The summed E-state index contributed by atoms with van der Waals surface area (Å²) in [5.41, 5.74) is 7.67. The van der Waals surface area contributed by atoms with Crippen molar-refractivity contribution in [2.45, 2.75) is 38.3 Å². The van der Waals surface area contributed by atoms with Gasteiger partial charge < -0.3 is 10.6 Å². The largest absolute Gasteiger partial charge is 0.366 e. The molecule has 1 aromatic carbocycles. The van der Waals surface area contributed by atoms with E-state index in [2.05, 4.69) is 9.80 Å². The normalized spacial score (nSPS) is 25.4. The molecule has 3 rings (SSSR count). The number of nitrogens with two attached hydrogens (primary N) is 1. The maximum absolute atomic E-state index is 14.3. The lowest BCUT2D eigenvalue weighted by Crippen LogP contribution is -2.55. The second kappa shape index (κ2) is 5.70. The minimum absolute atomic E-state index is 0.134. The highest BCUT2D eigenvalue weighted by Gasteiger charge is 2.31. The average molecular weight is 277 g/mol. The van der Waals surface area contributed by atoms with Gasteiger partial charge in [0.05, 0.1) is 5.69 Å². The van der Waals surface area contributed by atoms with Gasteiger partial charge in [0.15, 0.2) is 0 Å². The van der Waals surface area contributed by atoms with Crippen LogP contribution in [0.1, 0.15) is 37.8 Å². The van der Waals surface area contributed by atoms with Crippen LogP contribution in [0.15, 0.2) is 18.2 Å². The molecule has 2 fully saturated rings. The molecule has 20 heavy (non-hydrogen) atoms. The summed E-state index contributed by atoms with van der Waals surface area (Å²) in [4.78, 5) is 4.77. The fourth-order valence-corrected chi connectivity index (χ4v) is 3.59. The van der Waals surface area contributed by atoms with Crippen LogP contribution in [0.2, 0.25) is 0 Å². The number of anilines is 1. The van der Waals surface area contributed by atoms with Crippen LogP contribution in [0.5, 0.6) is 0 Å². The fourth-order valence-electron chi connectivity index (χ4n) is 3.59. The maximum atomic E-state index is 14.3. The van der Waals surface area contributed by atoms with Gasteiger partial charge in [-0.2, -0.15) is 0 Å². The minimum atomic E-state index is -0.135. The van der Waals surface area contributed by atoms with E-state index in [-0.39, 0.29) is 11.9 Å². The lowest BCUT2D eigenvalue weighted by Gasteiger charge is -2.45. The summed E-state index contributed by atoms with van der Waals surface area (Å²) in [6.45, 7) is 6.00. The Labute approximate surface area is 120 Å². The number of hydrogen-bond donors (Lipinski definition) is 1. The van der Waals surface area contributed by atoms with E-state index in [0.717, 1.165) is 30.9 Å². The number of piperidine rings is 1. The van der Waals surface area contributed by atoms with Gasteiger partial charge in [-0.15, -0.1) is 0 Å². The fraction of sp³-hybridized carbons (Fsp3) is 0.625. The summed E-state index contributed by atoms with van der Waals surface area (Å²) >= 11 is 0. The highest BCUT2D eigenvalue weighted by molar-refractivity contribution is 5.56. The third kappa shape index (κ3) is 2.54. The molecule has 2 N–H and O–H groups in total. The molecule has 0 aliphatic carbocycles. The van der Waals surface area contributed by atoms with Crippen molar-refractivity contribution in [1.82, 2.24) is 4.90 Å².